The quantitative estimate of drug-likeness (QED) is 0.485. The van der Waals surface area contributed by atoms with Crippen LogP contribution in [0.3, 0.4) is 0 Å². The number of halogens is 2. The molecule has 0 saturated carbocycles. The third-order valence-corrected chi connectivity index (χ3v) is 6.37. The van der Waals surface area contributed by atoms with Crippen LogP contribution in [0.2, 0.25) is 0 Å². The third kappa shape index (κ3) is 5.51. The van der Waals surface area contributed by atoms with E-state index < -0.39 is 29.7 Å². The van der Waals surface area contributed by atoms with Crippen LogP contribution >= 0.6 is 0 Å². The second kappa shape index (κ2) is 11.1. The minimum absolute atomic E-state index is 0.0247. The highest BCUT2D eigenvalue weighted by molar-refractivity contribution is 6.06. The maximum Gasteiger partial charge on any atom is 0.279 e. The lowest BCUT2D eigenvalue weighted by atomic mass is 10.00. The van der Waals surface area contributed by atoms with Crippen LogP contribution in [0.4, 0.5) is 14.5 Å². The van der Waals surface area contributed by atoms with E-state index in [0.29, 0.717) is 24.3 Å². The zero-order chi connectivity index (χ0) is 26.7. The summed E-state index contributed by atoms with van der Waals surface area (Å²) in [7, 11) is 0. The molecule has 3 aromatic rings. The molecule has 7 nitrogen and oxygen atoms in total. The second-order valence-corrected chi connectivity index (χ2v) is 9.40. The first kappa shape index (κ1) is 26.3. The van der Waals surface area contributed by atoms with Gasteiger partial charge in [0, 0.05) is 30.0 Å². The molecule has 1 unspecified atom stereocenters. The molecule has 1 aromatic carbocycles. The summed E-state index contributed by atoms with van der Waals surface area (Å²) < 4.78 is 36.4. The smallest absolute Gasteiger partial charge is 0.279 e. The number of nitrogens with zero attached hydrogens (tertiary/aromatic N) is 3. The summed E-state index contributed by atoms with van der Waals surface area (Å²) in [5.74, 6) is -2.44. The van der Waals surface area contributed by atoms with E-state index in [1.165, 1.54) is 24.0 Å². The number of pyridine rings is 2. The number of aromatic nitrogens is 2. The van der Waals surface area contributed by atoms with Crippen LogP contribution in [0.15, 0.2) is 42.7 Å². The minimum Gasteiger partial charge on any atom is -0.358 e. The molecule has 37 heavy (non-hydrogen) atoms. The van der Waals surface area contributed by atoms with Crippen molar-refractivity contribution in [2.24, 2.45) is 0 Å². The van der Waals surface area contributed by atoms with Gasteiger partial charge in [-0.25, -0.2) is 13.8 Å². The predicted octanol–water partition coefficient (Wildman–Crippen LogP) is 5.35. The molecule has 194 valence electrons. The van der Waals surface area contributed by atoms with Gasteiger partial charge in [-0.1, -0.05) is 0 Å². The first-order valence-corrected chi connectivity index (χ1v) is 12.3. The standard InChI is InChI=1S/C28H30F2N4O3/c1-16(2)32-27(35)19-10-11-22(29)21(14-19)26-24(30)17(3)18(4)25(33-26)28(36)34(20-8-7-12-31-15-20)23-9-5-6-13-37-23/h7-8,10-12,14-16,23H,5-6,9,13H2,1-4H3,(H,32,35). The maximum atomic E-state index is 15.5. The highest BCUT2D eigenvalue weighted by atomic mass is 19.1. The van der Waals surface area contributed by atoms with E-state index in [0.717, 1.165) is 18.9 Å². The van der Waals surface area contributed by atoms with E-state index in [-0.39, 0.29) is 34.1 Å². The van der Waals surface area contributed by atoms with E-state index in [4.69, 9.17) is 4.74 Å². The van der Waals surface area contributed by atoms with Gasteiger partial charge < -0.3 is 10.1 Å². The second-order valence-electron chi connectivity index (χ2n) is 9.40. The Morgan fingerprint density at radius 3 is 2.57 bits per heavy atom. The molecule has 1 N–H and O–H groups in total. The molecule has 0 spiro atoms. The summed E-state index contributed by atoms with van der Waals surface area (Å²) in [6.45, 7) is 7.23. The molecule has 2 aromatic heterocycles. The third-order valence-electron chi connectivity index (χ3n) is 6.37. The summed E-state index contributed by atoms with van der Waals surface area (Å²) in [5, 5.41) is 2.74. The van der Waals surface area contributed by atoms with Crippen molar-refractivity contribution >= 4 is 17.5 Å². The molecule has 3 heterocycles. The van der Waals surface area contributed by atoms with Gasteiger partial charge in [-0.15, -0.1) is 0 Å². The van der Waals surface area contributed by atoms with Crippen LogP contribution < -0.4 is 10.2 Å². The fourth-order valence-corrected chi connectivity index (χ4v) is 4.30. The van der Waals surface area contributed by atoms with Gasteiger partial charge in [0.2, 0.25) is 0 Å². The Balaban J connectivity index is 1.83. The average molecular weight is 509 g/mol. The highest BCUT2D eigenvalue weighted by Crippen LogP contribution is 2.32. The molecule has 1 atom stereocenters. The average Bonchev–Trinajstić information content (AvgIpc) is 2.89. The number of anilines is 1. The van der Waals surface area contributed by atoms with Crippen LogP contribution in [0.5, 0.6) is 0 Å². The van der Waals surface area contributed by atoms with Crippen molar-refractivity contribution in [3.63, 3.8) is 0 Å². The number of rotatable bonds is 6. The molecule has 0 bridgehead atoms. The van der Waals surface area contributed by atoms with Crippen molar-refractivity contribution in [2.45, 2.75) is 59.2 Å². The van der Waals surface area contributed by atoms with Crippen molar-refractivity contribution in [1.29, 1.82) is 0 Å². The van der Waals surface area contributed by atoms with Crippen LogP contribution in [0.1, 0.15) is 65.1 Å². The van der Waals surface area contributed by atoms with E-state index >= 15 is 4.39 Å². The van der Waals surface area contributed by atoms with Crippen LogP contribution in [-0.2, 0) is 4.74 Å². The zero-order valence-electron chi connectivity index (χ0n) is 21.3. The van der Waals surface area contributed by atoms with Crippen molar-refractivity contribution in [3.8, 4) is 11.3 Å². The van der Waals surface area contributed by atoms with Crippen molar-refractivity contribution < 1.29 is 23.1 Å². The van der Waals surface area contributed by atoms with Gasteiger partial charge in [0.25, 0.3) is 11.8 Å². The van der Waals surface area contributed by atoms with Gasteiger partial charge in [-0.3, -0.25) is 19.5 Å². The molecule has 0 aliphatic carbocycles. The molecule has 1 saturated heterocycles. The van der Waals surface area contributed by atoms with Gasteiger partial charge in [-0.05, 0) is 88.4 Å². The zero-order valence-corrected chi connectivity index (χ0v) is 21.3. The van der Waals surface area contributed by atoms with Gasteiger partial charge >= 0.3 is 0 Å². The van der Waals surface area contributed by atoms with Crippen molar-refractivity contribution in [3.05, 3.63) is 76.7 Å². The predicted molar refractivity (Wildman–Crippen MR) is 136 cm³/mol. The summed E-state index contributed by atoms with van der Waals surface area (Å²) >= 11 is 0. The number of benzene rings is 1. The number of carbonyl (C=O) groups excluding carboxylic acids is 2. The largest absolute Gasteiger partial charge is 0.358 e. The van der Waals surface area contributed by atoms with Crippen molar-refractivity contribution in [2.75, 3.05) is 11.5 Å². The van der Waals surface area contributed by atoms with E-state index in [1.807, 2.05) is 0 Å². The fraction of sp³-hybridized carbons (Fsp3) is 0.357. The Labute approximate surface area is 214 Å². The Morgan fingerprint density at radius 2 is 1.92 bits per heavy atom. The topological polar surface area (TPSA) is 84.4 Å². The molecular formula is C28H30F2N4O3. The lowest BCUT2D eigenvalue weighted by molar-refractivity contribution is 0.0143. The lowest BCUT2D eigenvalue weighted by Crippen LogP contribution is -2.44. The maximum absolute atomic E-state index is 15.5. The van der Waals surface area contributed by atoms with Crippen LogP contribution in [0.25, 0.3) is 11.3 Å². The molecule has 2 amide bonds. The summed E-state index contributed by atoms with van der Waals surface area (Å²) in [4.78, 5) is 36.5. The van der Waals surface area contributed by atoms with Crippen molar-refractivity contribution in [1.82, 2.24) is 15.3 Å². The molecule has 0 radical (unpaired) electrons. The molecule has 9 heteroatoms. The van der Waals surface area contributed by atoms with Gasteiger partial charge in [0.1, 0.15) is 23.4 Å². The van der Waals surface area contributed by atoms with Gasteiger partial charge in [0.05, 0.1) is 11.9 Å². The number of hydrogen-bond acceptors (Lipinski definition) is 5. The number of amides is 2. The Morgan fingerprint density at radius 1 is 1.14 bits per heavy atom. The lowest BCUT2D eigenvalue weighted by Gasteiger charge is -2.34. The minimum atomic E-state index is -0.756. The fourth-order valence-electron chi connectivity index (χ4n) is 4.30. The Hall–Kier alpha value is -3.72. The number of carbonyl (C=O) groups is 2. The number of ether oxygens (including phenoxy) is 1. The highest BCUT2D eigenvalue weighted by Gasteiger charge is 2.32. The first-order valence-electron chi connectivity index (χ1n) is 12.3. The Bertz CT molecular complexity index is 1310. The van der Waals surface area contributed by atoms with Gasteiger partial charge in [0.15, 0.2) is 5.82 Å². The SMILES string of the molecule is Cc1c(C(=O)N(c2cccnc2)C2CCCCO2)nc(-c2cc(C(=O)NC(C)C)ccc2F)c(F)c1C. The van der Waals surface area contributed by atoms with Crippen LogP contribution in [-0.4, -0.2) is 40.7 Å². The van der Waals surface area contributed by atoms with Crippen LogP contribution in [0, 0.1) is 25.5 Å². The Kier molecular flexibility index (Phi) is 7.92. The monoisotopic (exact) mass is 508 g/mol. The van der Waals surface area contributed by atoms with Gasteiger partial charge in [-0.2, -0.15) is 0 Å². The number of nitrogens with one attached hydrogen (secondary N) is 1. The summed E-state index contributed by atoms with van der Waals surface area (Å²) in [6, 6.07) is 6.99. The first-order chi connectivity index (χ1) is 17.7. The molecule has 1 fully saturated rings. The molecule has 4 rings (SSSR count). The molecule has 1 aliphatic rings. The van der Waals surface area contributed by atoms with E-state index in [9.17, 15) is 14.0 Å². The molecular weight excluding hydrogens is 478 g/mol. The normalized spacial score (nSPS) is 15.5. The van der Waals surface area contributed by atoms with E-state index in [1.54, 1.807) is 45.3 Å². The molecule has 1 aliphatic heterocycles. The summed E-state index contributed by atoms with van der Waals surface area (Å²) in [6.07, 6.45) is 5.00. The van der Waals surface area contributed by atoms with E-state index in [2.05, 4.69) is 15.3 Å². The summed E-state index contributed by atoms with van der Waals surface area (Å²) in [5.41, 5.74) is 0.619. The number of hydrogen-bond donors (Lipinski definition) is 1.